The zero-order valence-electron chi connectivity index (χ0n) is 19.7. The molecule has 0 radical (unpaired) electrons. The van der Waals surface area contributed by atoms with Crippen molar-refractivity contribution in [2.45, 2.75) is 26.2 Å². The van der Waals surface area contributed by atoms with E-state index in [4.69, 9.17) is 14.2 Å². The Morgan fingerprint density at radius 1 is 0.735 bits per heavy atom. The van der Waals surface area contributed by atoms with Crippen LogP contribution < -0.4 is 24.8 Å². The number of amides is 2. The number of ether oxygens (including phenoxy) is 3. The van der Waals surface area contributed by atoms with Gasteiger partial charge in [-0.1, -0.05) is 38.0 Å². The zero-order chi connectivity index (χ0) is 24.3. The Hall–Kier alpha value is -4.00. The molecule has 7 heteroatoms. The summed E-state index contributed by atoms with van der Waals surface area (Å²) in [5, 5.41) is 5.67. The van der Waals surface area contributed by atoms with Crippen molar-refractivity contribution in [3.05, 3.63) is 77.9 Å². The van der Waals surface area contributed by atoms with E-state index in [-0.39, 0.29) is 11.8 Å². The standard InChI is InChI=1S/C27H30N2O5/c1-4-5-9-16-34-21-14-12-20(13-15-21)27(31)29-23-18-24(32-2)22(17-25(23)33-3)28-26(30)19-10-7-6-8-11-19/h6-8,10-15,17-18H,4-5,9,16H2,1-3H3,(H,28,30)(H,29,31). The molecule has 0 aromatic heterocycles. The highest BCUT2D eigenvalue weighted by Gasteiger charge is 2.17. The van der Waals surface area contributed by atoms with E-state index in [0.717, 1.165) is 25.0 Å². The first-order valence-electron chi connectivity index (χ1n) is 11.2. The van der Waals surface area contributed by atoms with Crippen LogP contribution in [0.2, 0.25) is 0 Å². The van der Waals surface area contributed by atoms with Crippen LogP contribution >= 0.6 is 0 Å². The van der Waals surface area contributed by atoms with Gasteiger partial charge in [-0.25, -0.2) is 0 Å². The summed E-state index contributed by atoms with van der Waals surface area (Å²) in [4.78, 5) is 25.4. The van der Waals surface area contributed by atoms with Gasteiger partial charge in [-0.15, -0.1) is 0 Å². The highest BCUT2D eigenvalue weighted by Crippen LogP contribution is 2.37. The second-order valence-corrected chi connectivity index (χ2v) is 7.61. The van der Waals surface area contributed by atoms with Gasteiger partial charge in [-0.05, 0) is 42.8 Å². The maximum atomic E-state index is 12.8. The summed E-state index contributed by atoms with van der Waals surface area (Å²) >= 11 is 0. The molecule has 3 rings (SSSR count). The van der Waals surface area contributed by atoms with Gasteiger partial charge in [0.25, 0.3) is 11.8 Å². The van der Waals surface area contributed by atoms with Crippen LogP contribution in [0.4, 0.5) is 11.4 Å². The molecule has 2 amide bonds. The van der Waals surface area contributed by atoms with Gasteiger partial charge in [0.2, 0.25) is 0 Å². The molecule has 2 N–H and O–H groups in total. The molecule has 0 atom stereocenters. The molecule has 0 spiro atoms. The second-order valence-electron chi connectivity index (χ2n) is 7.61. The number of hydrogen-bond donors (Lipinski definition) is 2. The Labute approximate surface area is 200 Å². The van der Waals surface area contributed by atoms with E-state index < -0.39 is 0 Å². The van der Waals surface area contributed by atoms with E-state index in [0.29, 0.717) is 40.6 Å². The van der Waals surface area contributed by atoms with Gasteiger partial charge in [-0.3, -0.25) is 9.59 Å². The average Bonchev–Trinajstić information content (AvgIpc) is 2.88. The molecule has 0 saturated heterocycles. The van der Waals surface area contributed by atoms with Crippen molar-refractivity contribution in [1.82, 2.24) is 0 Å². The maximum Gasteiger partial charge on any atom is 0.255 e. The Morgan fingerprint density at radius 3 is 1.76 bits per heavy atom. The number of carbonyl (C=O) groups is 2. The average molecular weight is 463 g/mol. The quantitative estimate of drug-likeness (QED) is 0.353. The van der Waals surface area contributed by atoms with Gasteiger partial charge in [0.1, 0.15) is 17.2 Å². The molecule has 0 saturated carbocycles. The van der Waals surface area contributed by atoms with E-state index in [2.05, 4.69) is 17.6 Å². The SMILES string of the molecule is CCCCCOc1ccc(C(=O)Nc2cc(OC)c(NC(=O)c3ccccc3)cc2OC)cc1. The van der Waals surface area contributed by atoms with E-state index in [9.17, 15) is 9.59 Å². The number of nitrogens with one attached hydrogen (secondary N) is 2. The lowest BCUT2D eigenvalue weighted by Gasteiger charge is -2.16. The predicted molar refractivity (Wildman–Crippen MR) is 133 cm³/mol. The van der Waals surface area contributed by atoms with E-state index >= 15 is 0 Å². The van der Waals surface area contributed by atoms with E-state index in [1.54, 1.807) is 60.7 Å². The fourth-order valence-electron chi connectivity index (χ4n) is 3.32. The maximum absolute atomic E-state index is 12.8. The van der Waals surface area contributed by atoms with Gasteiger partial charge < -0.3 is 24.8 Å². The molecular weight excluding hydrogens is 432 g/mol. The number of unbranched alkanes of at least 4 members (excludes halogenated alkanes) is 2. The first kappa shape index (κ1) is 24.6. The number of hydrogen-bond acceptors (Lipinski definition) is 5. The molecule has 178 valence electrons. The van der Waals surface area contributed by atoms with Gasteiger partial charge in [-0.2, -0.15) is 0 Å². The van der Waals surface area contributed by atoms with Crippen molar-refractivity contribution in [3.63, 3.8) is 0 Å². The molecule has 34 heavy (non-hydrogen) atoms. The first-order chi connectivity index (χ1) is 16.5. The predicted octanol–water partition coefficient (Wildman–Crippen LogP) is 5.78. The van der Waals surface area contributed by atoms with Crippen LogP contribution in [0.1, 0.15) is 46.9 Å². The molecule has 0 bridgehead atoms. The van der Waals surface area contributed by atoms with Gasteiger partial charge in [0.15, 0.2) is 0 Å². The lowest BCUT2D eigenvalue weighted by atomic mass is 10.1. The molecule has 0 aliphatic carbocycles. The molecule has 7 nitrogen and oxygen atoms in total. The molecule has 3 aromatic carbocycles. The van der Waals surface area contributed by atoms with Crippen LogP contribution in [0.3, 0.4) is 0 Å². The van der Waals surface area contributed by atoms with Crippen LogP contribution in [-0.2, 0) is 0 Å². The minimum absolute atomic E-state index is 0.283. The Morgan fingerprint density at radius 2 is 1.26 bits per heavy atom. The number of benzene rings is 3. The topological polar surface area (TPSA) is 85.9 Å². The summed E-state index contributed by atoms with van der Waals surface area (Å²) in [7, 11) is 2.98. The zero-order valence-corrected chi connectivity index (χ0v) is 19.7. The third-order valence-corrected chi connectivity index (χ3v) is 5.19. The molecule has 0 fully saturated rings. The Bertz CT molecular complexity index is 1100. The van der Waals surface area contributed by atoms with E-state index in [1.807, 2.05) is 6.07 Å². The van der Waals surface area contributed by atoms with Gasteiger partial charge in [0.05, 0.1) is 32.2 Å². The van der Waals surface area contributed by atoms with Crippen molar-refractivity contribution < 1.29 is 23.8 Å². The lowest BCUT2D eigenvalue weighted by molar-refractivity contribution is 0.101. The minimum Gasteiger partial charge on any atom is -0.494 e. The fourth-order valence-corrected chi connectivity index (χ4v) is 3.32. The monoisotopic (exact) mass is 462 g/mol. The third kappa shape index (κ3) is 6.51. The van der Waals surface area contributed by atoms with Crippen molar-refractivity contribution in [1.29, 1.82) is 0 Å². The van der Waals surface area contributed by atoms with Crippen molar-refractivity contribution in [2.24, 2.45) is 0 Å². The van der Waals surface area contributed by atoms with Gasteiger partial charge in [0, 0.05) is 23.3 Å². The number of carbonyl (C=O) groups excluding carboxylic acids is 2. The molecule has 0 aliphatic rings. The Balaban J connectivity index is 1.72. The van der Waals surface area contributed by atoms with Crippen LogP contribution in [0.15, 0.2) is 66.7 Å². The van der Waals surface area contributed by atoms with Crippen molar-refractivity contribution >= 4 is 23.2 Å². The third-order valence-electron chi connectivity index (χ3n) is 5.19. The molecule has 0 unspecified atom stereocenters. The largest absolute Gasteiger partial charge is 0.494 e. The molecule has 3 aromatic rings. The van der Waals surface area contributed by atoms with Crippen molar-refractivity contribution in [3.8, 4) is 17.2 Å². The first-order valence-corrected chi connectivity index (χ1v) is 11.2. The highest BCUT2D eigenvalue weighted by molar-refractivity contribution is 6.07. The number of anilines is 2. The number of rotatable bonds is 11. The smallest absolute Gasteiger partial charge is 0.255 e. The summed E-state index contributed by atoms with van der Waals surface area (Å²) < 4.78 is 16.6. The van der Waals surface area contributed by atoms with Crippen LogP contribution in [0.5, 0.6) is 17.2 Å². The summed E-state index contributed by atoms with van der Waals surface area (Å²) in [5.41, 5.74) is 1.83. The Kier molecular flexibility index (Phi) is 8.91. The van der Waals surface area contributed by atoms with Crippen LogP contribution in [0, 0.1) is 0 Å². The summed E-state index contributed by atoms with van der Waals surface area (Å²) in [6, 6.07) is 19.1. The second kappa shape index (κ2) is 12.3. The fraction of sp³-hybridized carbons (Fsp3) is 0.259. The summed E-state index contributed by atoms with van der Waals surface area (Å²) in [5.74, 6) is 0.906. The minimum atomic E-state index is -0.307. The number of methoxy groups -OCH3 is 2. The van der Waals surface area contributed by atoms with Crippen molar-refractivity contribution in [2.75, 3.05) is 31.5 Å². The normalized spacial score (nSPS) is 10.3. The summed E-state index contributed by atoms with van der Waals surface area (Å²) in [6.45, 7) is 2.80. The van der Waals surface area contributed by atoms with Crippen LogP contribution in [0.25, 0.3) is 0 Å². The molecular formula is C27H30N2O5. The van der Waals surface area contributed by atoms with Crippen LogP contribution in [-0.4, -0.2) is 32.6 Å². The molecule has 0 aliphatic heterocycles. The van der Waals surface area contributed by atoms with Gasteiger partial charge >= 0.3 is 0 Å². The molecule has 0 heterocycles. The highest BCUT2D eigenvalue weighted by atomic mass is 16.5. The lowest BCUT2D eigenvalue weighted by Crippen LogP contribution is -2.15. The summed E-state index contributed by atoms with van der Waals surface area (Å²) in [6.07, 6.45) is 3.26. The van der Waals surface area contributed by atoms with E-state index in [1.165, 1.54) is 14.2 Å².